The average Bonchev–Trinajstić information content (AvgIpc) is 3.00. The first kappa shape index (κ1) is 28.2. The molecule has 0 aromatic heterocycles. The molecule has 0 spiro atoms. The first-order chi connectivity index (χ1) is 12.6. The van der Waals surface area contributed by atoms with E-state index in [4.69, 9.17) is 10.2 Å². The predicted octanol–water partition coefficient (Wildman–Crippen LogP) is 6.00. The molecule has 27 heavy (non-hydrogen) atoms. The van der Waals surface area contributed by atoms with E-state index >= 15 is 0 Å². The Bertz CT molecular complexity index is 386. The highest BCUT2D eigenvalue weighted by Crippen LogP contribution is 2.26. The third-order valence-corrected chi connectivity index (χ3v) is 4.47. The molecule has 1 fully saturated rings. The quantitative estimate of drug-likeness (QED) is 0.446. The zero-order chi connectivity index (χ0) is 21.3. The van der Waals surface area contributed by atoms with Gasteiger partial charge in [-0.1, -0.05) is 53.4 Å². The molecular weight excluding hydrogens is 354 g/mol. The molecule has 0 aromatic rings. The molecule has 2 N–H and O–H groups in total. The number of halogens is 2. The molecular formula is C21H40F2O4. The zero-order valence-electron chi connectivity index (χ0n) is 17.6. The summed E-state index contributed by atoms with van der Waals surface area (Å²) in [6, 6.07) is 0. The van der Waals surface area contributed by atoms with Gasteiger partial charge in [-0.15, -0.1) is 0 Å². The molecule has 162 valence electrons. The van der Waals surface area contributed by atoms with Crippen molar-refractivity contribution in [2.24, 2.45) is 5.92 Å². The van der Waals surface area contributed by atoms with Crippen molar-refractivity contribution in [2.45, 2.75) is 117 Å². The number of hydrogen-bond donors (Lipinski definition) is 2. The lowest BCUT2D eigenvalue weighted by atomic mass is 10.0. The summed E-state index contributed by atoms with van der Waals surface area (Å²) >= 11 is 0. The van der Waals surface area contributed by atoms with E-state index in [9.17, 15) is 18.4 Å². The van der Waals surface area contributed by atoms with Crippen molar-refractivity contribution in [2.75, 3.05) is 0 Å². The molecule has 0 aromatic carbocycles. The topological polar surface area (TPSA) is 74.6 Å². The van der Waals surface area contributed by atoms with Gasteiger partial charge in [-0.25, -0.2) is 8.78 Å². The fourth-order valence-corrected chi connectivity index (χ4v) is 2.58. The maximum atomic E-state index is 12.8. The van der Waals surface area contributed by atoms with Gasteiger partial charge in [0.1, 0.15) is 11.9 Å². The van der Waals surface area contributed by atoms with E-state index in [1.165, 1.54) is 6.42 Å². The number of carboxylic acid groups (broad SMARTS) is 1. The molecule has 2 unspecified atom stereocenters. The van der Waals surface area contributed by atoms with E-state index in [0.717, 1.165) is 44.9 Å². The van der Waals surface area contributed by atoms with Crippen LogP contribution in [0.5, 0.6) is 0 Å². The van der Waals surface area contributed by atoms with Crippen molar-refractivity contribution in [1.29, 1.82) is 0 Å². The van der Waals surface area contributed by atoms with Crippen LogP contribution in [0.4, 0.5) is 8.78 Å². The van der Waals surface area contributed by atoms with Gasteiger partial charge in [0.15, 0.2) is 0 Å². The van der Waals surface area contributed by atoms with E-state index in [0.29, 0.717) is 24.5 Å². The monoisotopic (exact) mass is 394 g/mol. The summed E-state index contributed by atoms with van der Waals surface area (Å²) in [5, 5.41) is 17.1. The number of alkyl halides is 2. The van der Waals surface area contributed by atoms with Crippen LogP contribution in [0.25, 0.3) is 0 Å². The molecule has 0 saturated heterocycles. The normalized spacial score (nSPS) is 17.4. The van der Waals surface area contributed by atoms with Crippen LogP contribution in [-0.4, -0.2) is 34.0 Å². The molecule has 1 aliphatic carbocycles. The van der Waals surface area contributed by atoms with E-state index in [1.54, 1.807) is 6.92 Å². The Balaban J connectivity index is 0. The van der Waals surface area contributed by atoms with Gasteiger partial charge in [-0.3, -0.25) is 9.59 Å². The number of carbonyl (C=O) groups excluding carboxylic acids is 1. The average molecular weight is 395 g/mol. The number of ketones is 1. The highest BCUT2D eigenvalue weighted by atomic mass is 19.3. The van der Waals surface area contributed by atoms with Gasteiger partial charge in [-0.2, -0.15) is 0 Å². The van der Waals surface area contributed by atoms with Gasteiger partial charge < -0.3 is 10.2 Å². The van der Waals surface area contributed by atoms with Crippen LogP contribution in [0.3, 0.4) is 0 Å². The minimum Gasteiger partial charge on any atom is -0.481 e. The maximum absolute atomic E-state index is 12.8. The van der Waals surface area contributed by atoms with Crippen LogP contribution >= 0.6 is 0 Å². The third-order valence-electron chi connectivity index (χ3n) is 4.47. The van der Waals surface area contributed by atoms with Crippen LogP contribution in [0.2, 0.25) is 0 Å². The highest BCUT2D eigenvalue weighted by molar-refractivity contribution is 5.80. The van der Waals surface area contributed by atoms with Gasteiger partial charge in [-0.05, 0) is 31.6 Å². The number of aliphatic hydroxyl groups excluding tert-OH is 1. The standard InChI is InChI=1S/C8H16F2O.C7H14O2.C6H10O/c1-3-5-6-8(9,10)7(11)4-2;1-2-3-4-5-6-7(8)9;1-5-2-3-6(7)4-5/h7,11H,3-6H2,1-2H3;2-6H2,1H3,(H,8,9);5H,2-4H2,1H3. The minimum absolute atomic E-state index is 0.122. The molecule has 0 radical (unpaired) electrons. The number of Topliss-reactive ketones (excluding diaryl/α,β-unsaturated/α-hetero) is 1. The number of unbranched alkanes of at least 4 members (excludes halogenated alkanes) is 4. The summed E-state index contributed by atoms with van der Waals surface area (Å²) in [5.74, 6) is -2.43. The Hall–Kier alpha value is -1.04. The zero-order valence-corrected chi connectivity index (χ0v) is 17.6. The van der Waals surface area contributed by atoms with Crippen molar-refractivity contribution in [3.05, 3.63) is 0 Å². The number of carboxylic acids is 1. The lowest BCUT2D eigenvalue weighted by Gasteiger charge is -2.20. The molecule has 0 heterocycles. The molecule has 1 aliphatic rings. The Morgan fingerprint density at radius 2 is 1.74 bits per heavy atom. The third kappa shape index (κ3) is 18.1. The second-order valence-corrected chi connectivity index (χ2v) is 7.38. The molecule has 0 bridgehead atoms. The summed E-state index contributed by atoms with van der Waals surface area (Å²) in [7, 11) is 0. The van der Waals surface area contributed by atoms with E-state index < -0.39 is 18.0 Å². The minimum atomic E-state index is -2.88. The molecule has 0 aliphatic heterocycles. The first-order valence-corrected chi connectivity index (χ1v) is 10.4. The summed E-state index contributed by atoms with van der Waals surface area (Å²) in [5.41, 5.74) is 0. The smallest absolute Gasteiger partial charge is 0.303 e. The lowest BCUT2D eigenvalue weighted by Crippen LogP contribution is -2.32. The molecule has 6 heteroatoms. The Morgan fingerprint density at radius 1 is 1.15 bits per heavy atom. The number of rotatable bonds is 10. The highest BCUT2D eigenvalue weighted by Gasteiger charge is 2.35. The van der Waals surface area contributed by atoms with Gasteiger partial charge in [0.25, 0.3) is 5.92 Å². The molecule has 4 nitrogen and oxygen atoms in total. The predicted molar refractivity (Wildman–Crippen MR) is 105 cm³/mol. The number of aliphatic carboxylic acids is 1. The Kier molecular flexibility index (Phi) is 17.8. The van der Waals surface area contributed by atoms with Crippen molar-refractivity contribution in [3.8, 4) is 0 Å². The lowest BCUT2D eigenvalue weighted by molar-refractivity contribution is -0.137. The second-order valence-electron chi connectivity index (χ2n) is 7.38. The number of aliphatic hydroxyl groups is 1. The Labute approximate surface area is 163 Å². The van der Waals surface area contributed by atoms with Crippen LogP contribution in [0.15, 0.2) is 0 Å². The second kappa shape index (κ2) is 17.1. The first-order valence-electron chi connectivity index (χ1n) is 10.4. The van der Waals surface area contributed by atoms with Crippen molar-refractivity contribution in [1.82, 2.24) is 0 Å². The fourth-order valence-electron chi connectivity index (χ4n) is 2.58. The summed E-state index contributed by atoms with van der Waals surface area (Å²) in [4.78, 5) is 20.4. The number of carbonyl (C=O) groups is 2. The maximum Gasteiger partial charge on any atom is 0.303 e. The van der Waals surface area contributed by atoms with Crippen LogP contribution in [0.1, 0.15) is 105 Å². The summed E-state index contributed by atoms with van der Waals surface area (Å²) < 4.78 is 25.5. The summed E-state index contributed by atoms with van der Waals surface area (Å²) in [6.45, 7) is 7.66. The van der Waals surface area contributed by atoms with Gasteiger partial charge in [0.05, 0.1) is 0 Å². The molecule has 2 atom stereocenters. The van der Waals surface area contributed by atoms with Gasteiger partial charge in [0.2, 0.25) is 0 Å². The van der Waals surface area contributed by atoms with Gasteiger partial charge >= 0.3 is 5.97 Å². The summed E-state index contributed by atoms with van der Waals surface area (Å²) in [6.07, 6.45) is 7.03. The van der Waals surface area contributed by atoms with E-state index in [2.05, 4.69) is 13.8 Å². The molecule has 1 rings (SSSR count). The van der Waals surface area contributed by atoms with Crippen LogP contribution < -0.4 is 0 Å². The Morgan fingerprint density at radius 3 is 2.07 bits per heavy atom. The van der Waals surface area contributed by atoms with Crippen LogP contribution in [-0.2, 0) is 9.59 Å². The largest absolute Gasteiger partial charge is 0.481 e. The van der Waals surface area contributed by atoms with Crippen molar-refractivity contribution < 1.29 is 28.6 Å². The SMILES string of the molecule is CC1CCC(=O)C1.CCCCC(F)(F)C(O)CC.CCCCCCC(=O)O. The van der Waals surface area contributed by atoms with Gasteiger partial charge in [0, 0.05) is 25.7 Å². The van der Waals surface area contributed by atoms with E-state index in [1.807, 2.05) is 6.92 Å². The number of hydrogen-bond acceptors (Lipinski definition) is 3. The molecule has 1 saturated carbocycles. The van der Waals surface area contributed by atoms with Crippen molar-refractivity contribution in [3.63, 3.8) is 0 Å². The fraction of sp³-hybridized carbons (Fsp3) is 0.905. The van der Waals surface area contributed by atoms with E-state index in [-0.39, 0.29) is 12.8 Å². The molecule has 0 amide bonds. The van der Waals surface area contributed by atoms with Crippen LogP contribution in [0, 0.1) is 5.92 Å². The van der Waals surface area contributed by atoms with Crippen molar-refractivity contribution >= 4 is 11.8 Å².